The third-order valence-electron chi connectivity index (χ3n) is 5.85. The molecule has 1 aromatic heterocycles. The van der Waals surface area contributed by atoms with Gasteiger partial charge >= 0.3 is 0 Å². The summed E-state index contributed by atoms with van der Waals surface area (Å²) in [5.74, 6) is 0.621. The van der Waals surface area contributed by atoms with Crippen LogP contribution in [0.4, 0.5) is 5.82 Å². The summed E-state index contributed by atoms with van der Waals surface area (Å²) in [6, 6.07) is 2.10. The number of hydrogen-bond donors (Lipinski definition) is 0. The molecule has 3 heterocycles. The van der Waals surface area contributed by atoms with Gasteiger partial charge in [0.1, 0.15) is 21.8 Å². The van der Waals surface area contributed by atoms with E-state index < -0.39 is 0 Å². The molecule has 0 saturated carbocycles. The highest BCUT2D eigenvalue weighted by atomic mass is 32.2. The highest BCUT2D eigenvalue weighted by molar-refractivity contribution is 8.26. The second kappa shape index (κ2) is 10.5. The number of amides is 1. The van der Waals surface area contributed by atoms with Crippen LogP contribution in [0.3, 0.4) is 0 Å². The molecule has 0 unspecified atom stereocenters. The van der Waals surface area contributed by atoms with Gasteiger partial charge in [0.25, 0.3) is 11.5 Å². The molecule has 2 aliphatic rings. The summed E-state index contributed by atoms with van der Waals surface area (Å²) in [7, 11) is 2.08. The van der Waals surface area contributed by atoms with Crippen LogP contribution in [0.1, 0.15) is 36.5 Å². The predicted octanol–water partition coefficient (Wildman–Crippen LogP) is 2.97. The first-order valence-corrected chi connectivity index (χ1v) is 12.0. The van der Waals surface area contributed by atoms with Crippen LogP contribution in [0.15, 0.2) is 22.4 Å². The molecule has 7 nitrogen and oxygen atoms in total. The molecule has 32 heavy (non-hydrogen) atoms. The van der Waals surface area contributed by atoms with Gasteiger partial charge in [-0.15, -0.1) is 6.58 Å². The summed E-state index contributed by atoms with van der Waals surface area (Å²) in [5.41, 5.74) is 1.23. The fourth-order valence-corrected chi connectivity index (χ4v) is 5.20. The van der Waals surface area contributed by atoms with Crippen LogP contribution < -0.4 is 10.5 Å². The Balaban J connectivity index is 2.22. The fourth-order valence-electron chi connectivity index (χ4n) is 3.94. The molecule has 2 saturated heterocycles. The normalized spacial score (nSPS) is 18.5. The van der Waals surface area contributed by atoms with Crippen molar-refractivity contribution in [2.75, 3.05) is 44.7 Å². The summed E-state index contributed by atoms with van der Waals surface area (Å²) >= 11 is 6.64. The lowest BCUT2D eigenvalue weighted by Gasteiger charge is -2.36. The van der Waals surface area contributed by atoms with Crippen LogP contribution in [0.25, 0.3) is 6.08 Å². The molecule has 170 valence electrons. The van der Waals surface area contributed by atoms with E-state index in [1.54, 1.807) is 17.6 Å². The molecule has 0 aromatic carbocycles. The number of unbranched alkanes of at least 4 members (excludes halogenated alkanes) is 1. The molecule has 0 N–H and O–H groups in total. The number of rotatable bonds is 7. The van der Waals surface area contributed by atoms with Crippen molar-refractivity contribution in [2.45, 2.75) is 33.2 Å². The molecule has 2 fully saturated rings. The Hall–Kier alpha value is -2.41. The lowest BCUT2D eigenvalue weighted by Crippen LogP contribution is -2.47. The van der Waals surface area contributed by atoms with Crippen LogP contribution in [0.2, 0.25) is 0 Å². The van der Waals surface area contributed by atoms with Crippen molar-refractivity contribution >= 4 is 46.1 Å². The van der Waals surface area contributed by atoms with Gasteiger partial charge in [-0.3, -0.25) is 19.1 Å². The predicted molar refractivity (Wildman–Crippen MR) is 135 cm³/mol. The number of carbonyl (C=O) groups is 1. The van der Waals surface area contributed by atoms with Crippen molar-refractivity contribution in [3.05, 3.63) is 44.6 Å². The highest BCUT2D eigenvalue weighted by Gasteiger charge is 2.32. The fraction of sp³-hybridized carbons (Fsp3) is 0.478. The second-order valence-electron chi connectivity index (χ2n) is 8.03. The first-order valence-electron chi connectivity index (χ1n) is 10.8. The largest absolute Gasteiger partial charge is 0.355 e. The molecule has 3 rings (SSSR count). The van der Waals surface area contributed by atoms with Crippen LogP contribution >= 0.6 is 24.0 Å². The van der Waals surface area contributed by atoms with Gasteiger partial charge in [0.15, 0.2) is 0 Å². The molecule has 0 atom stereocenters. The van der Waals surface area contributed by atoms with Gasteiger partial charge in [-0.05, 0) is 32.0 Å². The minimum absolute atomic E-state index is 0.131. The molecular weight excluding hydrogens is 442 g/mol. The number of nitrogens with zero attached hydrogens (tertiary/aromatic N) is 5. The van der Waals surface area contributed by atoms with Crippen molar-refractivity contribution in [1.82, 2.24) is 14.4 Å². The summed E-state index contributed by atoms with van der Waals surface area (Å²) in [6.45, 7) is 11.7. The zero-order valence-electron chi connectivity index (χ0n) is 18.9. The SMILES string of the molecule is C=CCN1C(=O)/C(=C/c2c(C)c(C#N)c(=O)n(CCCC)c2N2CCN(C)CC2)SC1=S. The van der Waals surface area contributed by atoms with Gasteiger partial charge in [0.05, 0.1) is 4.91 Å². The number of hydrogen-bond acceptors (Lipinski definition) is 7. The number of thiocarbonyl (C=S) groups is 1. The van der Waals surface area contributed by atoms with E-state index >= 15 is 0 Å². The van der Waals surface area contributed by atoms with Gasteiger partial charge in [-0.1, -0.05) is 43.4 Å². The Morgan fingerprint density at radius 1 is 1.25 bits per heavy atom. The monoisotopic (exact) mass is 471 g/mol. The van der Waals surface area contributed by atoms with Gasteiger partial charge in [-0.2, -0.15) is 5.26 Å². The lowest BCUT2D eigenvalue weighted by atomic mass is 10.0. The minimum atomic E-state index is -0.260. The van der Waals surface area contributed by atoms with Crippen molar-refractivity contribution in [3.63, 3.8) is 0 Å². The number of thioether (sulfide) groups is 1. The summed E-state index contributed by atoms with van der Waals surface area (Å²) in [4.78, 5) is 32.7. The first-order chi connectivity index (χ1) is 15.3. The standard InChI is InChI=1S/C23H29N5O2S2/c1-5-7-9-27-20(26-12-10-25(4)11-13-26)17(16(3)18(15-24)21(27)29)14-19-22(30)28(8-6-2)23(31)32-19/h6,14H,2,5,7-13H2,1,3-4H3/b19-14-. The van der Waals surface area contributed by atoms with E-state index in [0.717, 1.165) is 50.4 Å². The highest BCUT2D eigenvalue weighted by Crippen LogP contribution is 2.36. The molecule has 1 amide bonds. The van der Waals surface area contributed by atoms with Gasteiger partial charge < -0.3 is 9.80 Å². The van der Waals surface area contributed by atoms with Crippen LogP contribution in [0, 0.1) is 18.3 Å². The second-order valence-corrected chi connectivity index (χ2v) is 9.71. The van der Waals surface area contributed by atoms with Gasteiger partial charge in [0, 0.05) is 44.8 Å². The third kappa shape index (κ3) is 4.68. The Bertz CT molecular complexity index is 1060. The Labute approximate surface area is 199 Å². The summed E-state index contributed by atoms with van der Waals surface area (Å²) < 4.78 is 2.22. The molecular formula is C23H29N5O2S2. The minimum Gasteiger partial charge on any atom is -0.355 e. The van der Waals surface area contributed by atoms with E-state index in [1.165, 1.54) is 16.7 Å². The quantitative estimate of drug-likeness (QED) is 0.344. The van der Waals surface area contributed by atoms with Gasteiger partial charge in [0.2, 0.25) is 0 Å². The number of aromatic nitrogens is 1. The van der Waals surface area contributed by atoms with E-state index in [9.17, 15) is 14.9 Å². The van der Waals surface area contributed by atoms with Crippen molar-refractivity contribution in [1.29, 1.82) is 5.26 Å². The zero-order valence-corrected chi connectivity index (χ0v) is 20.5. The molecule has 2 aliphatic heterocycles. The number of likely N-dealkylation sites (N-methyl/N-ethyl adjacent to an activating group) is 1. The smallest absolute Gasteiger partial charge is 0.270 e. The lowest BCUT2D eigenvalue weighted by molar-refractivity contribution is -0.121. The van der Waals surface area contributed by atoms with Crippen LogP contribution in [0.5, 0.6) is 0 Å². The van der Waals surface area contributed by atoms with E-state index in [0.29, 0.717) is 27.9 Å². The number of nitriles is 1. The Morgan fingerprint density at radius 3 is 2.53 bits per heavy atom. The maximum atomic E-state index is 13.3. The van der Waals surface area contributed by atoms with Crippen LogP contribution in [-0.2, 0) is 11.3 Å². The summed E-state index contributed by atoms with van der Waals surface area (Å²) in [5, 5.41) is 9.76. The number of pyridine rings is 1. The maximum Gasteiger partial charge on any atom is 0.270 e. The molecule has 0 aliphatic carbocycles. The maximum absolute atomic E-state index is 13.3. The van der Waals surface area contributed by atoms with E-state index in [-0.39, 0.29) is 17.0 Å². The number of piperazine rings is 1. The average molecular weight is 472 g/mol. The van der Waals surface area contributed by atoms with Crippen LogP contribution in [-0.4, -0.2) is 64.4 Å². The van der Waals surface area contributed by atoms with E-state index in [4.69, 9.17) is 12.2 Å². The van der Waals surface area contributed by atoms with Crippen molar-refractivity contribution in [3.8, 4) is 6.07 Å². The van der Waals surface area contributed by atoms with E-state index in [2.05, 4.69) is 36.4 Å². The number of carbonyl (C=O) groups excluding carboxylic acids is 1. The third-order valence-corrected chi connectivity index (χ3v) is 7.22. The number of anilines is 1. The van der Waals surface area contributed by atoms with Crippen molar-refractivity contribution in [2.24, 2.45) is 0 Å². The molecule has 1 aromatic rings. The molecule has 0 radical (unpaired) electrons. The summed E-state index contributed by atoms with van der Waals surface area (Å²) in [6.07, 6.45) is 5.22. The van der Waals surface area contributed by atoms with Crippen molar-refractivity contribution < 1.29 is 4.79 Å². The Morgan fingerprint density at radius 2 is 1.94 bits per heavy atom. The molecule has 0 bridgehead atoms. The molecule has 9 heteroatoms. The Kier molecular flexibility index (Phi) is 7.93. The van der Waals surface area contributed by atoms with E-state index in [1.807, 2.05) is 6.08 Å². The topological polar surface area (TPSA) is 72.6 Å². The van der Waals surface area contributed by atoms with Gasteiger partial charge in [-0.25, -0.2) is 0 Å². The zero-order chi connectivity index (χ0) is 23.4. The first kappa shape index (κ1) is 24.2. The average Bonchev–Trinajstić information content (AvgIpc) is 3.03. The molecule has 0 spiro atoms.